The van der Waals surface area contributed by atoms with Gasteiger partial charge in [0.25, 0.3) is 0 Å². The third-order valence-electron chi connectivity index (χ3n) is 5.11. The molecule has 1 saturated carbocycles. The number of nitrogens with one attached hydrogen (secondary N) is 1. The van der Waals surface area contributed by atoms with Crippen molar-refractivity contribution >= 4 is 0 Å². The molecule has 2 aliphatic rings. The van der Waals surface area contributed by atoms with Crippen molar-refractivity contribution in [1.29, 1.82) is 0 Å². The van der Waals surface area contributed by atoms with E-state index in [0.29, 0.717) is 12.1 Å². The van der Waals surface area contributed by atoms with Gasteiger partial charge in [0.2, 0.25) is 0 Å². The Balaban J connectivity index is 1.92. The van der Waals surface area contributed by atoms with Gasteiger partial charge in [-0.1, -0.05) is 13.8 Å². The van der Waals surface area contributed by atoms with Gasteiger partial charge in [0.15, 0.2) is 0 Å². The van der Waals surface area contributed by atoms with Gasteiger partial charge in [0.1, 0.15) is 0 Å². The molecule has 5 atom stereocenters. The number of ether oxygens (including phenoxy) is 1. The third kappa shape index (κ3) is 3.93. The van der Waals surface area contributed by atoms with Crippen LogP contribution in [0.5, 0.6) is 0 Å². The van der Waals surface area contributed by atoms with E-state index in [-0.39, 0.29) is 0 Å². The second-order valence-corrected chi connectivity index (χ2v) is 6.96. The van der Waals surface area contributed by atoms with Crippen LogP contribution in [0.15, 0.2) is 0 Å². The molecule has 0 spiro atoms. The van der Waals surface area contributed by atoms with E-state index in [1.54, 1.807) is 0 Å². The molecule has 0 aromatic heterocycles. The summed E-state index contributed by atoms with van der Waals surface area (Å²) in [5, 5.41) is 3.56. The predicted octanol–water partition coefficient (Wildman–Crippen LogP) is 2.37. The maximum absolute atomic E-state index is 5.63. The van der Waals surface area contributed by atoms with Gasteiger partial charge in [-0.3, -0.25) is 0 Å². The van der Waals surface area contributed by atoms with E-state index in [0.717, 1.165) is 31.0 Å². The second kappa shape index (κ2) is 7.05. The quantitative estimate of drug-likeness (QED) is 0.847. The number of likely N-dealkylation sites (N-methyl/N-ethyl adjacent to an activating group) is 2. The predicted molar refractivity (Wildman–Crippen MR) is 80.4 cm³/mol. The van der Waals surface area contributed by atoms with Gasteiger partial charge in [0, 0.05) is 25.2 Å². The van der Waals surface area contributed by atoms with Gasteiger partial charge < -0.3 is 15.0 Å². The third-order valence-corrected chi connectivity index (χ3v) is 5.11. The lowest BCUT2D eigenvalue weighted by atomic mass is 9.75. The zero-order chi connectivity index (χ0) is 13.8. The zero-order valence-corrected chi connectivity index (χ0v) is 13.2. The van der Waals surface area contributed by atoms with Crippen molar-refractivity contribution < 1.29 is 4.74 Å². The highest BCUT2D eigenvalue weighted by molar-refractivity contribution is 4.93. The topological polar surface area (TPSA) is 24.5 Å². The highest BCUT2D eigenvalue weighted by Crippen LogP contribution is 2.32. The Morgan fingerprint density at radius 3 is 2.68 bits per heavy atom. The van der Waals surface area contributed by atoms with Gasteiger partial charge in [0.05, 0.1) is 6.61 Å². The van der Waals surface area contributed by atoms with E-state index < -0.39 is 0 Å². The van der Waals surface area contributed by atoms with Crippen molar-refractivity contribution in [2.45, 2.75) is 51.6 Å². The molecule has 5 unspecified atom stereocenters. The Labute approximate surface area is 119 Å². The molecule has 0 amide bonds. The molecule has 0 radical (unpaired) electrons. The molecule has 2 rings (SSSR count). The minimum Gasteiger partial charge on any atom is -0.381 e. The first kappa shape index (κ1) is 15.3. The summed E-state index contributed by atoms with van der Waals surface area (Å²) in [6, 6.07) is 1.33. The minimum atomic E-state index is 0.647. The Bertz CT molecular complexity index is 265. The normalized spacial score (nSPS) is 40.6. The summed E-state index contributed by atoms with van der Waals surface area (Å²) in [4.78, 5) is 2.61. The van der Waals surface area contributed by atoms with Crippen LogP contribution >= 0.6 is 0 Å². The molecule has 3 nitrogen and oxygen atoms in total. The Morgan fingerprint density at radius 1 is 1.26 bits per heavy atom. The highest BCUT2D eigenvalue weighted by atomic mass is 16.5. The van der Waals surface area contributed by atoms with Crippen molar-refractivity contribution in [3.05, 3.63) is 0 Å². The van der Waals surface area contributed by atoms with Crippen LogP contribution in [0.1, 0.15) is 39.5 Å². The molecule has 3 heteroatoms. The summed E-state index contributed by atoms with van der Waals surface area (Å²) in [5.74, 6) is 2.38. The van der Waals surface area contributed by atoms with E-state index in [1.807, 2.05) is 0 Å². The summed E-state index contributed by atoms with van der Waals surface area (Å²) >= 11 is 0. The minimum absolute atomic E-state index is 0.647. The number of nitrogens with zero attached hydrogens (tertiary/aromatic N) is 1. The Morgan fingerprint density at radius 2 is 2.05 bits per heavy atom. The first-order valence-corrected chi connectivity index (χ1v) is 8.07. The fourth-order valence-corrected chi connectivity index (χ4v) is 4.35. The molecule has 112 valence electrons. The zero-order valence-electron chi connectivity index (χ0n) is 13.2. The van der Waals surface area contributed by atoms with Crippen molar-refractivity contribution in [3.8, 4) is 0 Å². The van der Waals surface area contributed by atoms with Gasteiger partial charge >= 0.3 is 0 Å². The van der Waals surface area contributed by atoms with Gasteiger partial charge in [-0.15, -0.1) is 0 Å². The standard InChI is InChI=1S/C16H32N2O/c1-12-8-13(2)16(15(9-12)17-3)18(4)10-14-6-5-7-19-11-14/h12-17H,5-11H2,1-4H3. The van der Waals surface area contributed by atoms with Crippen LogP contribution in [0.25, 0.3) is 0 Å². The summed E-state index contributed by atoms with van der Waals surface area (Å²) in [6.07, 6.45) is 5.27. The molecule has 0 aromatic carbocycles. The van der Waals surface area contributed by atoms with Crippen LogP contribution < -0.4 is 5.32 Å². The average molecular weight is 268 g/mol. The number of rotatable bonds is 4. The van der Waals surface area contributed by atoms with E-state index in [1.165, 1.54) is 32.2 Å². The van der Waals surface area contributed by atoms with E-state index >= 15 is 0 Å². The highest BCUT2D eigenvalue weighted by Gasteiger charge is 2.36. The van der Waals surface area contributed by atoms with Gasteiger partial charge in [-0.25, -0.2) is 0 Å². The molecule has 1 N–H and O–H groups in total. The average Bonchev–Trinajstić information content (AvgIpc) is 2.38. The molecule has 0 aromatic rings. The van der Waals surface area contributed by atoms with Crippen LogP contribution in [0, 0.1) is 17.8 Å². The molecule has 1 saturated heterocycles. The molecule has 1 aliphatic heterocycles. The largest absolute Gasteiger partial charge is 0.381 e. The first-order valence-electron chi connectivity index (χ1n) is 8.07. The lowest BCUT2D eigenvalue weighted by Crippen LogP contribution is -2.55. The lowest BCUT2D eigenvalue weighted by molar-refractivity contribution is 0.0168. The van der Waals surface area contributed by atoms with Gasteiger partial charge in [-0.2, -0.15) is 0 Å². The summed E-state index contributed by atoms with van der Waals surface area (Å²) < 4.78 is 5.63. The van der Waals surface area contributed by atoms with Crippen LogP contribution in [0.2, 0.25) is 0 Å². The summed E-state index contributed by atoms with van der Waals surface area (Å²) in [7, 11) is 4.44. The SMILES string of the molecule is CNC1CC(C)CC(C)C1N(C)CC1CCCOC1. The first-order chi connectivity index (χ1) is 9.11. The molecule has 19 heavy (non-hydrogen) atoms. The molecule has 1 heterocycles. The van der Waals surface area contributed by atoms with Crippen molar-refractivity contribution in [2.24, 2.45) is 17.8 Å². The second-order valence-electron chi connectivity index (χ2n) is 6.96. The van der Waals surface area contributed by atoms with Crippen LogP contribution in [0.4, 0.5) is 0 Å². The van der Waals surface area contributed by atoms with E-state index in [2.05, 4.69) is 38.2 Å². The van der Waals surface area contributed by atoms with Crippen molar-refractivity contribution in [3.63, 3.8) is 0 Å². The number of hydrogen-bond acceptors (Lipinski definition) is 3. The molecular weight excluding hydrogens is 236 g/mol. The fraction of sp³-hybridized carbons (Fsp3) is 1.00. The lowest BCUT2D eigenvalue weighted by Gasteiger charge is -2.45. The van der Waals surface area contributed by atoms with Crippen LogP contribution in [0.3, 0.4) is 0 Å². The number of hydrogen-bond donors (Lipinski definition) is 1. The molecule has 1 aliphatic carbocycles. The Kier molecular flexibility index (Phi) is 5.67. The van der Waals surface area contributed by atoms with E-state index in [4.69, 9.17) is 4.74 Å². The summed E-state index contributed by atoms with van der Waals surface area (Å²) in [5.41, 5.74) is 0. The molecule has 0 bridgehead atoms. The Hall–Kier alpha value is -0.120. The van der Waals surface area contributed by atoms with Crippen LogP contribution in [-0.4, -0.2) is 50.8 Å². The van der Waals surface area contributed by atoms with E-state index in [9.17, 15) is 0 Å². The van der Waals surface area contributed by atoms with Crippen molar-refractivity contribution in [1.82, 2.24) is 10.2 Å². The smallest absolute Gasteiger partial charge is 0.0506 e. The maximum Gasteiger partial charge on any atom is 0.0506 e. The van der Waals surface area contributed by atoms with Crippen molar-refractivity contribution in [2.75, 3.05) is 33.9 Å². The summed E-state index contributed by atoms with van der Waals surface area (Å²) in [6.45, 7) is 7.95. The molecule has 2 fully saturated rings. The van der Waals surface area contributed by atoms with Gasteiger partial charge in [-0.05, 0) is 57.5 Å². The fourth-order valence-electron chi connectivity index (χ4n) is 4.35. The van der Waals surface area contributed by atoms with Crippen LogP contribution in [-0.2, 0) is 4.74 Å². The molecular formula is C16H32N2O. The monoisotopic (exact) mass is 268 g/mol. The maximum atomic E-state index is 5.63.